The Kier molecular flexibility index (Phi) is 4.02. The van der Waals surface area contributed by atoms with Gasteiger partial charge in [-0.3, -0.25) is 0 Å². The molecule has 0 N–H and O–H groups in total. The van der Waals surface area contributed by atoms with E-state index in [1.807, 2.05) is 6.92 Å². The van der Waals surface area contributed by atoms with Crippen molar-refractivity contribution in [1.82, 2.24) is 0 Å². The number of esters is 1. The maximum absolute atomic E-state index is 12.8. The van der Waals surface area contributed by atoms with E-state index in [1.54, 1.807) is 0 Å². The summed E-state index contributed by atoms with van der Waals surface area (Å²) in [6, 6.07) is 5.49. The summed E-state index contributed by atoms with van der Waals surface area (Å²) >= 11 is 0. The Balaban J connectivity index is 2.88. The number of rotatable bonds is 4. The third-order valence-corrected chi connectivity index (χ3v) is 2.89. The quantitative estimate of drug-likeness (QED) is 0.471. The molecule has 0 unspecified atom stereocenters. The van der Waals surface area contributed by atoms with Gasteiger partial charge >= 0.3 is 11.2 Å². The highest BCUT2D eigenvalue weighted by molar-refractivity contribution is 7.87. The Morgan fingerprint density at radius 2 is 1.83 bits per heavy atom. The van der Waals surface area contributed by atoms with Gasteiger partial charge < -0.3 is 9.29 Å². The molecule has 0 atom stereocenters. The van der Waals surface area contributed by atoms with E-state index in [9.17, 15) is 26.5 Å². The maximum Gasteiger partial charge on any atom is 0.429 e. The molecule has 1 aromatic rings. The maximum atomic E-state index is 12.8. The molecule has 0 heterocycles. The molecule has 1 rings (SSSR count). The van der Waals surface area contributed by atoms with Gasteiger partial charge in [-0.1, -0.05) is 19.1 Å². The highest BCUT2D eigenvalue weighted by Gasteiger charge is 2.48. The van der Waals surface area contributed by atoms with Gasteiger partial charge in [-0.2, -0.15) is 8.78 Å². The second kappa shape index (κ2) is 4.99. The zero-order chi connectivity index (χ0) is 14.0. The lowest BCUT2D eigenvalue weighted by Crippen LogP contribution is -2.40. The first-order valence-corrected chi connectivity index (χ1v) is 6.23. The second-order valence-corrected chi connectivity index (χ2v) is 4.78. The molecule has 0 amide bonds. The summed E-state index contributed by atoms with van der Waals surface area (Å²) in [7, 11) is -6.09. The predicted molar refractivity (Wildman–Crippen MR) is 56.1 cm³/mol. The van der Waals surface area contributed by atoms with Crippen molar-refractivity contribution in [3.05, 3.63) is 29.8 Å². The van der Waals surface area contributed by atoms with Crippen LogP contribution >= 0.6 is 0 Å². The number of hydrogen-bond donors (Lipinski definition) is 0. The van der Waals surface area contributed by atoms with Crippen molar-refractivity contribution in [3.63, 3.8) is 0 Å². The van der Waals surface area contributed by atoms with Crippen LogP contribution in [-0.4, -0.2) is 24.2 Å². The topological polar surface area (TPSA) is 83.5 Å². The van der Waals surface area contributed by atoms with E-state index in [4.69, 9.17) is 0 Å². The standard InChI is InChI=1S/C10H10F2O5S/c1-2-7-3-5-8(6-4-7)17-9(13)10(11,12)18(14,15)16/h3-6H,2H2,1H3,(H,14,15,16)/p-1. The van der Waals surface area contributed by atoms with Gasteiger partial charge in [-0.05, 0) is 24.1 Å². The molecule has 0 aromatic heterocycles. The smallest absolute Gasteiger partial charge is 0.429 e. The molecular weight excluding hydrogens is 270 g/mol. The first kappa shape index (κ1) is 14.5. The largest absolute Gasteiger partial charge is 0.743 e. The van der Waals surface area contributed by atoms with Crippen LogP contribution in [0.25, 0.3) is 0 Å². The molecule has 1 aromatic carbocycles. The third-order valence-electron chi connectivity index (χ3n) is 2.09. The summed E-state index contributed by atoms with van der Waals surface area (Å²) < 4.78 is 60.2. The highest BCUT2D eigenvalue weighted by Crippen LogP contribution is 2.24. The normalized spacial score (nSPS) is 12.2. The van der Waals surface area contributed by atoms with Crippen molar-refractivity contribution in [2.75, 3.05) is 0 Å². The summed E-state index contributed by atoms with van der Waals surface area (Å²) in [5.41, 5.74) is 0.873. The molecule has 5 nitrogen and oxygen atoms in total. The molecule has 8 heteroatoms. The van der Waals surface area contributed by atoms with Crippen LogP contribution in [0.4, 0.5) is 8.78 Å². The minimum Gasteiger partial charge on any atom is -0.743 e. The van der Waals surface area contributed by atoms with Crippen molar-refractivity contribution in [3.8, 4) is 5.75 Å². The number of hydrogen-bond acceptors (Lipinski definition) is 5. The minimum absolute atomic E-state index is 0.263. The van der Waals surface area contributed by atoms with E-state index < -0.39 is 21.3 Å². The van der Waals surface area contributed by atoms with Crippen molar-refractivity contribution < 1.29 is 31.3 Å². The molecule has 0 aliphatic heterocycles. The van der Waals surface area contributed by atoms with Crippen LogP contribution in [0.5, 0.6) is 5.75 Å². The Bertz CT molecular complexity index is 536. The Morgan fingerprint density at radius 3 is 2.22 bits per heavy atom. The first-order valence-electron chi connectivity index (χ1n) is 4.83. The molecule has 100 valence electrons. The Hall–Kier alpha value is -1.54. The molecule has 0 bridgehead atoms. The summed E-state index contributed by atoms with van der Waals surface area (Å²) in [5, 5.41) is -5.10. The van der Waals surface area contributed by atoms with E-state index in [0.717, 1.165) is 5.56 Å². The monoisotopic (exact) mass is 279 g/mol. The van der Waals surface area contributed by atoms with Crippen LogP contribution in [-0.2, 0) is 21.3 Å². The number of ether oxygens (including phenoxy) is 1. The molecule has 0 fully saturated rings. The van der Waals surface area contributed by atoms with Crippen LogP contribution in [0, 0.1) is 0 Å². The minimum atomic E-state index is -6.09. The fourth-order valence-corrected chi connectivity index (χ4v) is 1.31. The number of halogens is 2. The molecule has 0 aliphatic carbocycles. The number of alkyl halides is 2. The van der Waals surface area contributed by atoms with Crippen LogP contribution < -0.4 is 4.74 Å². The van der Waals surface area contributed by atoms with Gasteiger partial charge in [0.2, 0.25) is 0 Å². The van der Waals surface area contributed by atoms with Gasteiger partial charge in [-0.15, -0.1) is 0 Å². The molecule has 0 saturated heterocycles. The summed E-state index contributed by atoms with van der Waals surface area (Å²) in [5.74, 6) is -2.68. The van der Waals surface area contributed by atoms with Gasteiger partial charge in [0.1, 0.15) is 5.75 Å². The second-order valence-electron chi connectivity index (χ2n) is 3.36. The van der Waals surface area contributed by atoms with Gasteiger partial charge in [0.25, 0.3) is 0 Å². The molecular formula is C10H9F2O5S-. The average Bonchev–Trinajstić information content (AvgIpc) is 2.28. The van der Waals surface area contributed by atoms with Crippen LogP contribution in [0.15, 0.2) is 24.3 Å². The first-order chi connectivity index (χ1) is 8.18. The van der Waals surface area contributed by atoms with Gasteiger partial charge in [-0.25, -0.2) is 13.2 Å². The zero-order valence-electron chi connectivity index (χ0n) is 9.22. The summed E-state index contributed by atoms with van der Waals surface area (Å²) in [6.07, 6.45) is 0.694. The van der Waals surface area contributed by atoms with E-state index in [0.29, 0.717) is 6.42 Å². The van der Waals surface area contributed by atoms with Gasteiger partial charge in [0, 0.05) is 0 Å². The zero-order valence-corrected chi connectivity index (χ0v) is 10.0. The number of aryl methyl sites for hydroxylation is 1. The van der Waals surface area contributed by atoms with E-state index in [2.05, 4.69) is 4.74 Å². The number of carbonyl (C=O) groups is 1. The van der Waals surface area contributed by atoms with Crippen molar-refractivity contribution in [1.29, 1.82) is 0 Å². The lowest BCUT2D eigenvalue weighted by atomic mass is 10.2. The summed E-state index contributed by atoms with van der Waals surface area (Å²) in [4.78, 5) is 10.9. The van der Waals surface area contributed by atoms with Crippen LogP contribution in [0.1, 0.15) is 12.5 Å². The lowest BCUT2D eigenvalue weighted by molar-refractivity contribution is -0.151. The highest BCUT2D eigenvalue weighted by atomic mass is 32.2. The van der Waals surface area contributed by atoms with E-state index in [1.165, 1.54) is 24.3 Å². The Morgan fingerprint density at radius 1 is 1.33 bits per heavy atom. The van der Waals surface area contributed by atoms with Crippen molar-refractivity contribution in [2.45, 2.75) is 18.6 Å². The molecule has 0 aliphatic rings. The predicted octanol–water partition coefficient (Wildman–Crippen LogP) is 1.29. The molecule has 18 heavy (non-hydrogen) atoms. The van der Waals surface area contributed by atoms with Crippen LogP contribution in [0.3, 0.4) is 0 Å². The SMILES string of the molecule is CCc1ccc(OC(=O)C(F)(F)S(=O)(=O)[O-])cc1. The summed E-state index contributed by atoms with van der Waals surface area (Å²) in [6.45, 7) is 1.86. The van der Waals surface area contributed by atoms with Gasteiger partial charge in [0.15, 0.2) is 10.1 Å². The van der Waals surface area contributed by atoms with Gasteiger partial charge in [0.05, 0.1) is 0 Å². The number of benzene rings is 1. The van der Waals surface area contributed by atoms with E-state index >= 15 is 0 Å². The number of carbonyl (C=O) groups excluding carboxylic acids is 1. The third kappa shape index (κ3) is 3.02. The average molecular weight is 279 g/mol. The van der Waals surface area contributed by atoms with E-state index in [-0.39, 0.29) is 5.75 Å². The Labute approximate surface area is 102 Å². The molecule has 0 radical (unpaired) electrons. The van der Waals surface area contributed by atoms with Crippen LogP contribution in [0.2, 0.25) is 0 Å². The fourth-order valence-electron chi connectivity index (χ4n) is 1.06. The van der Waals surface area contributed by atoms with Crippen molar-refractivity contribution >= 4 is 16.1 Å². The molecule has 0 spiro atoms. The lowest BCUT2D eigenvalue weighted by Gasteiger charge is -2.17. The van der Waals surface area contributed by atoms with Crippen molar-refractivity contribution in [2.24, 2.45) is 0 Å². The molecule has 0 saturated carbocycles. The fraction of sp³-hybridized carbons (Fsp3) is 0.300.